The molecule has 6 atom stereocenters. The third kappa shape index (κ3) is 2.47. The van der Waals surface area contributed by atoms with Crippen molar-refractivity contribution < 1.29 is 23.6 Å². The second-order valence-electron chi connectivity index (χ2n) is 8.53. The molecule has 6 nitrogen and oxygen atoms in total. The smallest absolute Gasteiger partial charge is 0.238 e. The number of anilines is 1. The van der Waals surface area contributed by atoms with Crippen molar-refractivity contribution in [2.75, 3.05) is 12.0 Å². The number of imide groups is 1. The molecule has 0 radical (unpaired) electrons. The predicted molar refractivity (Wildman–Crippen MR) is 110 cm³/mol. The van der Waals surface area contributed by atoms with Gasteiger partial charge in [0, 0.05) is 17.4 Å². The average molecular weight is 441 g/mol. The number of methoxy groups -OCH3 is 1. The van der Waals surface area contributed by atoms with Gasteiger partial charge >= 0.3 is 0 Å². The van der Waals surface area contributed by atoms with Crippen molar-refractivity contribution in [2.24, 2.45) is 34.7 Å². The number of benzene rings is 2. The molecule has 2 saturated carbocycles. The SMILES string of the molecule is COc1ccc(C2=NOC3C4CC(C23)C2C(=O)N(c3ccc(F)c(Cl)c3)C(=O)C42)cc1. The Kier molecular flexibility index (Phi) is 3.96. The zero-order valence-corrected chi connectivity index (χ0v) is 17.3. The maximum absolute atomic E-state index is 13.6. The van der Waals surface area contributed by atoms with E-state index in [2.05, 4.69) is 5.16 Å². The highest BCUT2D eigenvalue weighted by atomic mass is 35.5. The van der Waals surface area contributed by atoms with Crippen molar-refractivity contribution in [3.8, 4) is 5.75 Å². The first-order valence-electron chi connectivity index (χ1n) is 10.2. The van der Waals surface area contributed by atoms with Gasteiger partial charge in [0.25, 0.3) is 0 Å². The van der Waals surface area contributed by atoms with Gasteiger partial charge in [0.05, 0.1) is 35.4 Å². The van der Waals surface area contributed by atoms with Crippen LogP contribution in [0.15, 0.2) is 47.6 Å². The van der Waals surface area contributed by atoms with E-state index in [-0.39, 0.29) is 40.7 Å². The molecule has 0 spiro atoms. The van der Waals surface area contributed by atoms with Crippen molar-refractivity contribution in [3.63, 3.8) is 0 Å². The van der Waals surface area contributed by atoms with Crippen molar-refractivity contribution in [1.82, 2.24) is 0 Å². The molecule has 2 aromatic rings. The number of ether oxygens (including phenoxy) is 1. The van der Waals surface area contributed by atoms with E-state index in [1.807, 2.05) is 24.3 Å². The van der Waals surface area contributed by atoms with Gasteiger partial charge in [-0.3, -0.25) is 9.59 Å². The summed E-state index contributed by atoms with van der Waals surface area (Å²) >= 11 is 5.90. The van der Waals surface area contributed by atoms with Crippen LogP contribution in [-0.2, 0) is 14.4 Å². The summed E-state index contributed by atoms with van der Waals surface area (Å²) in [4.78, 5) is 33.6. The van der Waals surface area contributed by atoms with Gasteiger partial charge in [0.1, 0.15) is 17.7 Å². The highest BCUT2D eigenvalue weighted by Crippen LogP contribution is 2.62. The number of carbonyl (C=O) groups excluding carboxylic acids is 2. The molecule has 2 aliphatic carbocycles. The number of amides is 2. The molecule has 2 heterocycles. The van der Waals surface area contributed by atoms with Crippen molar-refractivity contribution in [2.45, 2.75) is 12.5 Å². The van der Waals surface area contributed by atoms with E-state index in [4.69, 9.17) is 21.2 Å². The lowest BCUT2D eigenvalue weighted by molar-refractivity contribution is -0.125. The Bertz CT molecular complexity index is 1150. The minimum Gasteiger partial charge on any atom is -0.497 e. The number of fused-ring (bicyclic) bond motifs is 8. The second-order valence-corrected chi connectivity index (χ2v) is 8.93. The van der Waals surface area contributed by atoms with Crippen molar-refractivity contribution >= 4 is 34.8 Å². The number of oxime groups is 1. The lowest BCUT2D eigenvalue weighted by Crippen LogP contribution is -2.41. The molecular weight excluding hydrogens is 423 g/mol. The van der Waals surface area contributed by atoms with Crippen LogP contribution in [0, 0.1) is 35.4 Å². The van der Waals surface area contributed by atoms with Crippen LogP contribution in [0.1, 0.15) is 12.0 Å². The Morgan fingerprint density at radius 1 is 1.06 bits per heavy atom. The maximum atomic E-state index is 13.6. The summed E-state index contributed by atoms with van der Waals surface area (Å²) in [7, 11) is 1.61. The molecule has 2 bridgehead atoms. The van der Waals surface area contributed by atoms with E-state index in [1.165, 1.54) is 23.1 Å². The van der Waals surface area contributed by atoms with Gasteiger partial charge in [-0.1, -0.05) is 16.8 Å². The zero-order chi connectivity index (χ0) is 21.4. The molecule has 8 heteroatoms. The number of hydrogen-bond acceptors (Lipinski definition) is 5. The first-order valence-corrected chi connectivity index (χ1v) is 10.6. The zero-order valence-electron chi connectivity index (χ0n) is 16.5. The molecule has 158 valence electrons. The van der Waals surface area contributed by atoms with Gasteiger partial charge in [0.15, 0.2) is 0 Å². The fourth-order valence-corrected chi connectivity index (χ4v) is 6.18. The molecule has 0 aromatic heterocycles. The third-order valence-corrected chi connectivity index (χ3v) is 7.53. The summed E-state index contributed by atoms with van der Waals surface area (Å²) in [6.45, 7) is 0. The van der Waals surface area contributed by atoms with Crippen LogP contribution in [-0.4, -0.2) is 30.7 Å². The summed E-state index contributed by atoms with van der Waals surface area (Å²) in [6, 6.07) is 11.5. The fraction of sp³-hybridized carbons (Fsp3) is 0.348. The highest BCUT2D eigenvalue weighted by molar-refractivity contribution is 6.31. The quantitative estimate of drug-likeness (QED) is 0.683. The topological polar surface area (TPSA) is 68.2 Å². The Balaban J connectivity index is 1.33. The minimum atomic E-state index is -0.590. The Labute approximate surface area is 182 Å². The number of hydrogen-bond donors (Lipinski definition) is 0. The van der Waals surface area contributed by atoms with Gasteiger partial charge in [-0.15, -0.1) is 0 Å². The molecule has 1 saturated heterocycles. The largest absolute Gasteiger partial charge is 0.497 e. The predicted octanol–water partition coefficient (Wildman–Crippen LogP) is 3.66. The van der Waals surface area contributed by atoms with Crippen LogP contribution in [0.4, 0.5) is 10.1 Å². The molecule has 4 aliphatic rings. The summed E-state index contributed by atoms with van der Waals surface area (Å²) in [5.41, 5.74) is 2.06. The number of rotatable bonds is 3. The monoisotopic (exact) mass is 440 g/mol. The van der Waals surface area contributed by atoms with Crippen LogP contribution in [0.25, 0.3) is 0 Å². The molecular formula is C23H18ClFN2O4. The molecule has 0 N–H and O–H groups in total. The van der Waals surface area contributed by atoms with E-state index in [9.17, 15) is 14.0 Å². The van der Waals surface area contributed by atoms with Crippen LogP contribution in [0.2, 0.25) is 5.02 Å². The van der Waals surface area contributed by atoms with E-state index >= 15 is 0 Å². The van der Waals surface area contributed by atoms with E-state index in [0.717, 1.165) is 23.4 Å². The van der Waals surface area contributed by atoms with Crippen molar-refractivity contribution in [1.29, 1.82) is 0 Å². The van der Waals surface area contributed by atoms with Crippen LogP contribution in [0.3, 0.4) is 0 Å². The summed E-state index contributed by atoms with van der Waals surface area (Å²) in [6.07, 6.45) is 0.548. The third-order valence-electron chi connectivity index (χ3n) is 7.24. The Morgan fingerprint density at radius 2 is 1.77 bits per heavy atom. The van der Waals surface area contributed by atoms with E-state index in [0.29, 0.717) is 5.69 Å². The van der Waals surface area contributed by atoms with E-state index in [1.54, 1.807) is 7.11 Å². The Hall–Kier alpha value is -2.93. The standard InChI is InChI=1S/C23H18ClFN2O4/c1-30-12-5-2-10(3-6-12)20-19-13-9-14(21(19)31-26-20)18-17(13)22(28)27(23(18)29)11-4-7-16(25)15(24)8-11/h2-8,13-14,17-19,21H,9H2,1H3. The van der Waals surface area contributed by atoms with Crippen LogP contribution in [0.5, 0.6) is 5.75 Å². The highest BCUT2D eigenvalue weighted by Gasteiger charge is 2.70. The Morgan fingerprint density at radius 3 is 2.45 bits per heavy atom. The first kappa shape index (κ1) is 18.8. The van der Waals surface area contributed by atoms with E-state index < -0.39 is 17.7 Å². The molecule has 31 heavy (non-hydrogen) atoms. The second kappa shape index (κ2) is 6.53. The molecule has 2 aromatic carbocycles. The number of carbonyl (C=O) groups is 2. The molecule has 6 unspecified atom stereocenters. The molecule has 2 aliphatic heterocycles. The normalized spacial score (nSPS) is 32.7. The summed E-state index contributed by atoms with van der Waals surface area (Å²) in [5, 5.41) is 4.22. The summed E-state index contributed by atoms with van der Waals surface area (Å²) < 4.78 is 18.8. The number of halogens is 2. The number of nitrogens with zero attached hydrogens (tertiary/aromatic N) is 2. The van der Waals surface area contributed by atoms with Gasteiger partial charge in [0.2, 0.25) is 11.8 Å². The lowest BCUT2D eigenvalue weighted by Gasteiger charge is -2.29. The van der Waals surface area contributed by atoms with Gasteiger partial charge < -0.3 is 9.57 Å². The van der Waals surface area contributed by atoms with Gasteiger partial charge in [-0.25, -0.2) is 9.29 Å². The maximum Gasteiger partial charge on any atom is 0.238 e. The summed E-state index contributed by atoms with van der Waals surface area (Å²) in [5.74, 6) is -1.34. The van der Waals surface area contributed by atoms with Crippen LogP contribution < -0.4 is 9.64 Å². The van der Waals surface area contributed by atoms with Gasteiger partial charge in [-0.05, 0) is 54.8 Å². The molecule has 2 amide bonds. The first-order chi connectivity index (χ1) is 15.0. The lowest BCUT2D eigenvalue weighted by atomic mass is 9.71. The fourth-order valence-electron chi connectivity index (χ4n) is 6.00. The minimum absolute atomic E-state index is 0.0271. The average Bonchev–Trinajstić information content (AvgIpc) is 3.51. The van der Waals surface area contributed by atoms with Crippen LogP contribution >= 0.6 is 11.6 Å². The van der Waals surface area contributed by atoms with Gasteiger partial charge in [-0.2, -0.15) is 0 Å². The van der Waals surface area contributed by atoms with Crippen molar-refractivity contribution in [3.05, 3.63) is 58.9 Å². The molecule has 3 fully saturated rings. The molecule has 6 rings (SSSR count).